The predicted molar refractivity (Wildman–Crippen MR) is 81.5 cm³/mol. The number of methoxy groups -OCH3 is 2. The Bertz CT molecular complexity index is 434. The molecule has 1 N–H and O–H groups in total. The van der Waals surface area contributed by atoms with Crippen molar-refractivity contribution in [1.29, 1.82) is 0 Å². The molecule has 4 heteroatoms. The molecule has 2 rings (SSSR count). The van der Waals surface area contributed by atoms with Gasteiger partial charge in [-0.2, -0.15) is 0 Å². The number of ether oxygens (including phenoxy) is 2. The van der Waals surface area contributed by atoms with E-state index in [1.54, 1.807) is 14.2 Å². The fourth-order valence-electron chi connectivity index (χ4n) is 2.70. The molecule has 20 heavy (non-hydrogen) atoms. The van der Waals surface area contributed by atoms with E-state index in [1.807, 2.05) is 18.2 Å². The first kappa shape index (κ1) is 15.1. The van der Waals surface area contributed by atoms with Gasteiger partial charge in [0.1, 0.15) is 11.5 Å². The molecule has 1 aliphatic rings. The Hall–Kier alpha value is -1.26. The Kier molecular flexibility index (Phi) is 5.26. The van der Waals surface area contributed by atoms with Gasteiger partial charge in [0.05, 0.1) is 14.2 Å². The zero-order valence-corrected chi connectivity index (χ0v) is 13.0. The van der Waals surface area contributed by atoms with Crippen molar-refractivity contribution < 1.29 is 9.47 Å². The van der Waals surface area contributed by atoms with E-state index in [0.717, 1.165) is 30.2 Å². The molecule has 1 atom stereocenters. The van der Waals surface area contributed by atoms with E-state index in [9.17, 15) is 0 Å². The second-order valence-corrected chi connectivity index (χ2v) is 5.63. The van der Waals surface area contributed by atoms with Gasteiger partial charge >= 0.3 is 0 Å². The minimum atomic E-state index is 0.563. The van der Waals surface area contributed by atoms with Crippen LogP contribution in [0.1, 0.15) is 25.8 Å². The van der Waals surface area contributed by atoms with E-state index >= 15 is 0 Å². The van der Waals surface area contributed by atoms with Crippen LogP contribution in [-0.4, -0.2) is 44.3 Å². The van der Waals surface area contributed by atoms with Crippen molar-refractivity contribution in [3.8, 4) is 11.5 Å². The second-order valence-electron chi connectivity index (χ2n) is 5.63. The Labute approximate surface area is 122 Å². The minimum Gasteiger partial charge on any atom is -0.497 e. The lowest BCUT2D eigenvalue weighted by atomic mass is 10.1. The van der Waals surface area contributed by atoms with Crippen LogP contribution in [0.15, 0.2) is 18.2 Å². The molecule has 1 heterocycles. The van der Waals surface area contributed by atoms with Crippen molar-refractivity contribution in [3.05, 3.63) is 23.8 Å². The fraction of sp³-hybridized carbons (Fsp3) is 0.625. The van der Waals surface area contributed by atoms with Gasteiger partial charge in [-0.1, -0.05) is 0 Å². The molecule has 0 aliphatic carbocycles. The number of rotatable bonds is 6. The van der Waals surface area contributed by atoms with E-state index in [1.165, 1.54) is 13.0 Å². The number of likely N-dealkylation sites (tertiary alicyclic amines) is 1. The maximum Gasteiger partial charge on any atom is 0.123 e. The first-order valence-corrected chi connectivity index (χ1v) is 7.32. The molecule has 0 aromatic heterocycles. The highest BCUT2D eigenvalue weighted by Gasteiger charge is 2.23. The van der Waals surface area contributed by atoms with E-state index < -0.39 is 0 Å². The summed E-state index contributed by atoms with van der Waals surface area (Å²) in [6.07, 6.45) is 1.21. The normalized spacial score (nSPS) is 19.6. The molecule has 0 spiro atoms. The van der Waals surface area contributed by atoms with Crippen LogP contribution in [0.25, 0.3) is 0 Å². The molecule has 0 bridgehead atoms. The number of hydrogen-bond acceptors (Lipinski definition) is 4. The summed E-state index contributed by atoms with van der Waals surface area (Å²) in [5.41, 5.74) is 1.15. The highest BCUT2D eigenvalue weighted by Crippen LogP contribution is 2.24. The lowest BCUT2D eigenvalue weighted by molar-refractivity contribution is 0.268. The lowest BCUT2D eigenvalue weighted by Crippen LogP contribution is -2.34. The lowest BCUT2D eigenvalue weighted by Gasteiger charge is -2.20. The molecule has 1 aliphatic heterocycles. The van der Waals surface area contributed by atoms with Gasteiger partial charge in [-0.25, -0.2) is 0 Å². The van der Waals surface area contributed by atoms with Gasteiger partial charge in [-0.15, -0.1) is 0 Å². The maximum absolute atomic E-state index is 5.41. The van der Waals surface area contributed by atoms with Crippen molar-refractivity contribution in [1.82, 2.24) is 10.2 Å². The first-order chi connectivity index (χ1) is 9.63. The van der Waals surface area contributed by atoms with Crippen LogP contribution in [0.2, 0.25) is 0 Å². The Morgan fingerprint density at radius 1 is 1.30 bits per heavy atom. The Morgan fingerprint density at radius 2 is 2.10 bits per heavy atom. The van der Waals surface area contributed by atoms with E-state index in [0.29, 0.717) is 12.1 Å². The molecule has 1 unspecified atom stereocenters. The average molecular weight is 278 g/mol. The molecule has 0 amide bonds. The van der Waals surface area contributed by atoms with E-state index in [2.05, 4.69) is 24.1 Å². The molecule has 1 fully saturated rings. The number of hydrogen-bond donors (Lipinski definition) is 1. The zero-order valence-electron chi connectivity index (χ0n) is 13.0. The summed E-state index contributed by atoms with van der Waals surface area (Å²) in [7, 11) is 3.40. The standard InChI is InChI=1S/C16H26N2O2/c1-12(2)18-8-7-14(11-18)17-10-13-9-15(19-3)5-6-16(13)20-4/h5-6,9,12,14,17H,7-8,10-11H2,1-4H3. The molecule has 1 saturated heterocycles. The third kappa shape index (κ3) is 3.64. The average Bonchev–Trinajstić information content (AvgIpc) is 2.93. The highest BCUT2D eigenvalue weighted by molar-refractivity contribution is 5.40. The molecule has 112 valence electrons. The van der Waals surface area contributed by atoms with Crippen LogP contribution < -0.4 is 14.8 Å². The van der Waals surface area contributed by atoms with Crippen molar-refractivity contribution in [3.63, 3.8) is 0 Å². The second kappa shape index (κ2) is 6.95. The van der Waals surface area contributed by atoms with E-state index in [4.69, 9.17) is 9.47 Å². The van der Waals surface area contributed by atoms with Crippen molar-refractivity contribution >= 4 is 0 Å². The summed E-state index contributed by atoms with van der Waals surface area (Å²) in [5.74, 6) is 1.79. The summed E-state index contributed by atoms with van der Waals surface area (Å²) < 4.78 is 10.7. The van der Waals surface area contributed by atoms with Crippen molar-refractivity contribution in [2.75, 3.05) is 27.3 Å². The van der Waals surface area contributed by atoms with Gasteiger partial charge in [-0.05, 0) is 45.0 Å². The Morgan fingerprint density at radius 3 is 2.70 bits per heavy atom. The van der Waals surface area contributed by atoms with Crippen LogP contribution in [-0.2, 0) is 6.54 Å². The van der Waals surface area contributed by atoms with Crippen LogP contribution in [0, 0.1) is 0 Å². The maximum atomic E-state index is 5.41. The molecular formula is C16H26N2O2. The molecule has 0 radical (unpaired) electrons. The summed E-state index contributed by atoms with van der Waals surface area (Å²) >= 11 is 0. The van der Waals surface area contributed by atoms with Gasteiger partial charge in [0.25, 0.3) is 0 Å². The van der Waals surface area contributed by atoms with Gasteiger partial charge < -0.3 is 14.8 Å². The van der Waals surface area contributed by atoms with E-state index in [-0.39, 0.29) is 0 Å². The van der Waals surface area contributed by atoms with Crippen LogP contribution in [0.5, 0.6) is 11.5 Å². The summed E-state index contributed by atoms with van der Waals surface area (Å²) in [6.45, 7) is 7.65. The van der Waals surface area contributed by atoms with Gasteiger partial charge in [0.15, 0.2) is 0 Å². The van der Waals surface area contributed by atoms with Crippen molar-refractivity contribution in [2.45, 2.75) is 38.9 Å². The summed E-state index contributed by atoms with van der Waals surface area (Å²) in [4.78, 5) is 2.51. The smallest absolute Gasteiger partial charge is 0.123 e. The molecule has 0 saturated carbocycles. The summed E-state index contributed by atoms with van der Waals surface area (Å²) in [6, 6.07) is 7.13. The molecule has 1 aromatic rings. The number of nitrogens with zero attached hydrogens (tertiary/aromatic N) is 1. The fourth-order valence-corrected chi connectivity index (χ4v) is 2.70. The molecule has 1 aromatic carbocycles. The Balaban J connectivity index is 1.93. The SMILES string of the molecule is COc1ccc(OC)c(CNC2CCN(C(C)C)C2)c1. The highest BCUT2D eigenvalue weighted by atomic mass is 16.5. The predicted octanol–water partition coefficient (Wildman–Crippen LogP) is 2.28. The number of benzene rings is 1. The summed E-state index contributed by atoms with van der Waals surface area (Å²) in [5, 5.41) is 3.63. The largest absolute Gasteiger partial charge is 0.497 e. The van der Waals surface area contributed by atoms with Crippen LogP contribution in [0.4, 0.5) is 0 Å². The van der Waals surface area contributed by atoms with Crippen LogP contribution >= 0.6 is 0 Å². The van der Waals surface area contributed by atoms with Gasteiger partial charge in [0, 0.05) is 30.7 Å². The number of nitrogens with one attached hydrogen (secondary N) is 1. The minimum absolute atomic E-state index is 0.563. The zero-order chi connectivity index (χ0) is 14.5. The van der Waals surface area contributed by atoms with Crippen molar-refractivity contribution in [2.24, 2.45) is 0 Å². The third-order valence-electron chi connectivity index (χ3n) is 4.02. The third-order valence-corrected chi connectivity index (χ3v) is 4.02. The van der Waals surface area contributed by atoms with Gasteiger partial charge in [0.2, 0.25) is 0 Å². The first-order valence-electron chi connectivity index (χ1n) is 7.32. The quantitative estimate of drug-likeness (QED) is 0.865. The monoisotopic (exact) mass is 278 g/mol. The van der Waals surface area contributed by atoms with Crippen LogP contribution in [0.3, 0.4) is 0 Å². The molecule has 4 nitrogen and oxygen atoms in total. The topological polar surface area (TPSA) is 33.7 Å². The molecular weight excluding hydrogens is 252 g/mol. The van der Waals surface area contributed by atoms with Gasteiger partial charge in [-0.3, -0.25) is 4.90 Å².